The minimum absolute atomic E-state index is 0.634. The molecule has 0 aromatic rings. The summed E-state index contributed by atoms with van der Waals surface area (Å²) in [5, 5.41) is 0. The molecule has 0 saturated heterocycles. The molecule has 0 aliphatic rings. The summed E-state index contributed by atoms with van der Waals surface area (Å²) >= 11 is 0. The van der Waals surface area contributed by atoms with Crippen LogP contribution in [0.15, 0.2) is 0 Å². The van der Waals surface area contributed by atoms with Gasteiger partial charge in [0, 0.05) is 0 Å². The molecule has 2 nitrogen and oxygen atoms in total. The summed E-state index contributed by atoms with van der Waals surface area (Å²) in [6, 6.07) is 0. The third-order valence-corrected chi connectivity index (χ3v) is 5.99. The fourth-order valence-electron chi connectivity index (χ4n) is 4.05. The smallest absolute Gasteiger partial charge is 0.133 e. The molecule has 0 rings (SSSR count). The Bertz CT molecular complexity index is 268. The normalized spacial score (nSPS) is 11.4. The van der Waals surface area contributed by atoms with Gasteiger partial charge >= 0.3 is 0 Å². The van der Waals surface area contributed by atoms with Gasteiger partial charge in [0.25, 0.3) is 0 Å². The minimum atomic E-state index is 0.634. The van der Waals surface area contributed by atoms with Crippen LogP contribution in [0.1, 0.15) is 142 Å². The van der Waals surface area contributed by atoms with E-state index in [0.717, 1.165) is 19.4 Å². The van der Waals surface area contributed by atoms with Gasteiger partial charge in [-0.2, -0.15) is 0 Å². The fourth-order valence-corrected chi connectivity index (χ4v) is 4.05. The minimum Gasteiger partial charge on any atom is -0.302 e. The number of hydrogen-bond donors (Lipinski definition) is 0. The first-order chi connectivity index (χ1) is 13.8. The molecule has 0 aliphatic carbocycles. The highest BCUT2D eigenvalue weighted by atomic mass is 16.1. The SMILES string of the molecule is CCCCCCCCCCCCN(CC=O)CCCCCCCCCCCC. The molecule has 0 unspecified atom stereocenters. The van der Waals surface area contributed by atoms with Crippen LogP contribution in [0.2, 0.25) is 0 Å². The molecule has 2 heteroatoms. The van der Waals surface area contributed by atoms with Crippen LogP contribution >= 0.6 is 0 Å². The predicted octanol–water partition coefficient (Wildman–Crippen LogP) is 8.33. The van der Waals surface area contributed by atoms with E-state index in [1.54, 1.807) is 0 Å². The second kappa shape index (κ2) is 24.7. The number of carbonyl (C=O) groups excluding carboxylic acids is 1. The quantitative estimate of drug-likeness (QED) is 0.121. The summed E-state index contributed by atoms with van der Waals surface area (Å²) in [7, 11) is 0. The van der Waals surface area contributed by atoms with Crippen molar-refractivity contribution < 1.29 is 4.79 Å². The number of unbranched alkanes of at least 4 members (excludes halogenated alkanes) is 18. The lowest BCUT2D eigenvalue weighted by Crippen LogP contribution is -2.28. The van der Waals surface area contributed by atoms with E-state index in [1.807, 2.05) is 0 Å². The van der Waals surface area contributed by atoms with Crippen molar-refractivity contribution in [2.45, 2.75) is 142 Å². The summed E-state index contributed by atoms with van der Waals surface area (Å²) in [6.07, 6.45) is 28.8. The summed E-state index contributed by atoms with van der Waals surface area (Å²) in [4.78, 5) is 13.3. The van der Waals surface area contributed by atoms with Gasteiger partial charge in [0.2, 0.25) is 0 Å². The van der Waals surface area contributed by atoms with E-state index in [-0.39, 0.29) is 0 Å². The zero-order valence-electron chi connectivity index (χ0n) is 19.7. The monoisotopic (exact) mass is 395 g/mol. The molecule has 0 fully saturated rings. The van der Waals surface area contributed by atoms with Gasteiger partial charge in [0.1, 0.15) is 6.29 Å². The molecule has 168 valence electrons. The van der Waals surface area contributed by atoms with Crippen LogP contribution in [0.5, 0.6) is 0 Å². The van der Waals surface area contributed by atoms with Crippen LogP contribution < -0.4 is 0 Å². The van der Waals surface area contributed by atoms with Crippen molar-refractivity contribution in [1.29, 1.82) is 0 Å². The zero-order valence-corrected chi connectivity index (χ0v) is 19.7. The van der Waals surface area contributed by atoms with Gasteiger partial charge in [0.15, 0.2) is 0 Å². The van der Waals surface area contributed by atoms with Gasteiger partial charge in [-0.25, -0.2) is 0 Å². The molecular weight excluding hydrogens is 342 g/mol. The molecule has 0 spiro atoms. The van der Waals surface area contributed by atoms with Crippen molar-refractivity contribution in [1.82, 2.24) is 4.90 Å². The van der Waals surface area contributed by atoms with Gasteiger partial charge < -0.3 is 4.79 Å². The zero-order chi connectivity index (χ0) is 20.5. The Hall–Kier alpha value is -0.370. The number of nitrogens with zero attached hydrogens (tertiary/aromatic N) is 1. The average Bonchev–Trinajstić information content (AvgIpc) is 2.70. The molecule has 0 atom stereocenters. The molecule has 0 N–H and O–H groups in total. The molecule has 0 amide bonds. The van der Waals surface area contributed by atoms with E-state index in [4.69, 9.17) is 0 Å². The Labute approximate surface area is 178 Å². The van der Waals surface area contributed by atoms with Gasteiger partial charge in [-0.15, -0.1) is 0 Å². The highest BCUT2D eigenvalue weighted by molar-refractivity contribution is 5.51. The summed E-state index contributed by atoms with van der Waals surface area (Å²) < 4.78 is 0. The summed E-state index contributed by atoms with van der Waals surface area (Å²) in [5.74, 6) is 0. The van der Waals surface area contributed by atoms with E-state index in [9.17, 15) is 4.79 Å². The maximum atomic E-state index is 10.9. The van der Waals surface area contributed by atoms with Crippen molar-refractivity contribution >= 4 is 6.29 Å². The van der Waals surface area contributed by atoms with Crippen LogP contribution in [0.4, 0.5) is 0 Å². The molecule has 0 bridgehead atoms. The van der Waals surface area contributed by atoms with Crippen molar-refractivity contribution in [2.75, 3.05) is 19.6 Å². The second-order valence-electron chi connectivity index (χ2n) is 8.83. The molecule has 0 heterocycles. The van der Waals surface area contributed by atoms with Crippen LogP contribution in [0.25, 0.3) is 0 Å². The largest absolute Gasteiger partial charge is 0.302 e. The Kier molecular flexibility index (Phi) is 24.3. The van der Waals surface area contributed by atoms with E-state index >= 15 is 0 Å². The molecular formula is C26H53NO. The lowest BCUT2D eigenvalue weighted by molar-refractivity contribution is -0.108. The highest BCUT2D eigenvalue weighted by Gasteiger charge is 2.04. The van der Waals surface area contributed by atoms with Crippen molar-refractivity contribution in [3.8, 4) is 0 Å². The number of carbonyl (C=O) groups is 1. The molecule has 0 aromatic heterocycles. The molecule has 0 aliphatic heterocycles. The molecule has 0 saturated carbocycles. The maximum Gasteiger partial charge on any atom is 0.133 e. The Morgan fingerprint density at radius 2 is 0.750 bits per heavy atom. The van der Waals surface area contributed by atoms with Crippen LogP contribution in [0, 0.1) is 0 Å². The Balaban J connectivity index is 3.42. The van der Waals surface area contributed by atoms with Crippen molar-refractivity contribution in [2.24, 2.45) is 0 Å². The Morgan fingerprint density at radius 3 is 1.04 bits per heavy atom. The van der Waals surface area contributed by atoms with Gasteiger partial charge in [0.05, 0.1) is 6.54 Å². The first-order valence-corrected chi connectivity index (χ1v) is 13.0. The molecule has 28 heavy (non-hydrogen) atoms. The first kappa shape index (κ1) is 27.6. The highest BCUT2D eigenvalue weighted by Crippen LogP contribution is 2.12. The van der Waals surface area contributed by atoms with Gasteiger partial charge in [-0.3, -0.25) is 4.90 Å². The standard InChI is InChI=1S/C26H53NO/c1-3-5-7-9-11-13-15-17-19-21-23-27(25-26-28)24-22-20-18-16-14-12-10-8-6-4-2/h26H,3-25H2,1-2H3. The maximum absolute atomic E-state index is 10.9. The Morgan fingerprint density at radius 1 is 0.464 bits per heavy atom. The van der Waals surface area contributed by atoms with E-state index in [0.29, 0.717) is 6.54 Å². The van der Waals surface area contributed by atoms with Crippen molar-refractivity contribution in [3.63, 3.8) is 0 Å². The topological polar surface area (TPSA) is 20.3 Å². The van der Waals surface area contributed by atoms with E-state index in [2.05, 4.69) is 18.7 Å². The lowest BCUT2D eigenvalue weighted by Gasteiger charge is -2.19. The van der Waals surface area contributed by atoms with Crippen LogP contribution in [-0.4, -0.2) is 30.8 Å². The predicted molar refractivity (Wildman–Crippen MR) is 126 cm³/mol. The van der Waals surface area contributed by atoms with Gasteiger partial charge in [-0.05, 0) is 25.9 Å². The number of rotatable bonds is 24. The van der Waals surface area contributed by atoms with Crippen LogP contribution in [0.3, 0.4) is 0 Å². The molecule has 0 aromatic carbocycles. The van der Waals surface area contributed by atoms with Crippen molar-refractivity contribution in [3.05, 3.63) is 0 Å². The van der Waals surface area contributed by atoms with E-state index in [1.165, 1.54) is 128 Å². The summed E-state index contributed by atoms with van der Waals surface area (Å²) in [5.41, 5.74) is 0. The lowest BCUT2D eigenvalue weighted by atomic mass is 10.1. The fraction of sp³-hybridized carbons (Fsp3) is 0.962. The van der Waals surface area contributed by atoms with E-state index < -0.39 is 0 Å². The second-order valence-corrected chi connectivity index (χ2v) is 8.83. The summed E-state index contributed by atoms with van der Waals surface area (Å²) in [6.45, 7) is 7.43. The van der Waals surface area contributed by atoms with Gasteiger partial charge in [-0.1, -0.05) is 129 Å². The third-order valence-electron chi connectivity index (χ3n) is 5.99. The van der Waals surface area contributed by atoms with Crippen LogP contribution in [-0.2, 0) is 4.79 Å². The number of hydrogen-bond acceptors (Lipinski definition) is 2. The third kappa shape index (κ3) is 21.9. The average molecular weight is 396 g/mol. The molecule has 0 radical (unpaired) electrons. The number of aldehydes is 1. The first-order valence-electron chi connectivity index (χ1n) is 13.0.